The molecule has 2 atom stereocenters. The minimum atomic E-state index is -0.688. The SMILES string of the molecule is CC(O)CCCCCC=CC(=O)CCc1ccc(O)c(OCCc2ccc(O)c(C3CC(=O)c4cc[nH]c4CC#Cc4cc(C(N)N)ccc43)c2)c1. The van der Waals surface area contributed by atoms with Crippen molar-refractivity contribution in [3.05, 3.63) is 124 Å². The summed E-state index contributed by atoms with van der Waals surface area (Å²) >= 11 is 0. The molecule has 0 radical (unpaired) electrons. The largest absolute Gasteiger partial charge is 0.508 e. The van der Waals surface area contributed by atoms with Crippen LogP contribution >= 0.6 is 0 Å². The van der Waals surface area contributed by atoms with E-state index in [1.165, 1.54) is 0 Å². The van der Waals surface area contributed by atoms with Crippen LogP contribution in [0.3, 0.4) is 0 Å². The van der Waals surface area contributed by atoms with E-state index in [-0.39, 0.29) is 42.2 Å². The number of aromatic hydroxyl groups is 2. The van der Waals surface area contributed by atoms with Gasteiger partial charge in [-0.3, -0.25) is 9.59 Å². The van der Waals surface area contributed by atoms with Crippen molar-refractivity contribution in [3.63, 3.8) is 0 Å². The lowest BCUT2D eigenvalue weighted by Gasteiger charge is -2.22. The summed E-state index contributed by atoms with van der Waals surface area (Å²) < 4.78 is 6.01. The molecule has 52 heavy (non-hydrogen) atoms. The highest BCUT2D eigenvalue weighted by molar-refractivity contribution is 5.98. The Morgan fingerprint density at radius 3 is 2.56 bits per heavy atom. The number of carbonyl (C=O) groups excluding carboxylic acids is 2. The topological polar surface area (TPSA) is 172 Å². The summed E-state index contributed by atoms with van der Waals surface area (Å²) in [6.07, 6.45) is 10.8. The number of aliphatic hydroxyl groups excluding tert-OH is 1. The standard InChI is InChI=1S/C43H49N3O6/c1-28(47)8-5-3-2-4-6-10-33(48)16-12-29-14-19-40(50)42(25-29)52-23-21-30-13-18-39(49)37(24-30)36-27-41(51)35-20-22-46-38(35)11-7-9-31-26-32(43(44)45)15-17-34(31)36/h6,10,13-15,17-20,22,24-26,28,36,43,46-47,49-50H,2-5,8,11-12,16,21,23,27,44-45H2,1H3. The Morgan fingerprint density at radius 2 is 1.77 bits per heavy atom. The molecule has 1 aromatic heterocycles. The van der Waals surface area contributed by atoms with Crippen molar-refractivity contribution in [1.29, 1.82) is 0 Å². The van der Waals surface area contributed by atoms with Gasteiger partial charge in [0.05, 0.1) is 25.3 Å². The number of Topliss-reactive ketones (excluding diaryl/α,β-unsaturated/α-hetero) is 1. The zero-order valence-electron chi connectivity index (χ0n) is 29.7. The van der Waals surface area contributed by atoms with Gasteiger partial charge in [0.1, 0.15) is 5.75 Å². The summed E-state index contributed by atoms with van der Waals surface area (Å²) in [5.74, 6) is 6.34. The number of aromatic nitrogens is 1. The number of ether oxygens (including phenoxy) is 1. The number of ketones is 2. The van der Waals surface area contributed by atoms with E-state index in [9.17, 15) is 24.9 Å². The number of aromatic amines is 1. The van der Waals surface area contributed by atoms with Crippen molar-refractivity contribution < 1.29 is 29.6 Å². The van der Waals surface area contributed by atoms with E-state index in [0.717, 1.165) is 54.5 Å². The van der Waals surface area contributed by atoms with Gasteiger partial charge in [-0.05, 0) is 91.3 Å². The van der Waals surface area contributed by atoms with E-state index >= 15 is 0 Å². The fraction of sp³-hybridized carbons (Fsp3) is 0.349. The second-order valence-corrected chi connectivity index (χ2v) is 13.6. The maximum atomic E-state index is 13.7. The van der Waals surface area contributed by atoms with Crippen LogP contribution in [0.5, 0.6) is 17.2 Å². The molecule has 1 heterocycles. The van der Waals surface area contributed by atoms with Crippen molar-refractivity contribution in [2.75, 3.05) is 6.61 Å². The summed E-state index contributed by atoms with van der Waals surface area (Å²) in [7, 11) is 0. The third-order valence-electron chi connectivity index (χ3n) is 9.44. The molecular formula is C43H49N3O6. The molecule has 0 saturated carbocycles. The zero-order chi connectivity index (χ0) is 37.0. The third kappa shape index (κ3) is 10.5. The Balaban J connectivity index is 1.25. The number of H-pyrrole nitrogens is 1. The molecule has 0 bridgehead atoms. The molecule has 4 aromatic rings. The lowest BCUT2D eigenvalue weighted by Crippen LogP contribution is -2.20. The van der Waals surface area contributed by atoms with E-state index in [1.54, 1.807) is 49.5 Å². The number of phenols is 2. The fourth-order valence-corrected chi connectivity index (χ4v) is 6.51. The van der Waals surface area contributed by atoms with Gasteiger partial charge >= 0.3 is 0 Å². The van der Waals surface area contributed by atoms with E-state index < -0.39 is 12.1 Å². The van der Waals surface area contributed by atoms with Crippen LogP contribution in [0.4, 0.5) is 0 Å². The minimum absolute atomic E-state index is 0.00962. The molecule has 1 aliphatic rings. The van der Waals surface area contributed by atoms with Gasteiger partial charge in [0, 0.05) is 53.8 Å². The summed E-state index contributed by atoms with van der Waals surface area (Å²) in [5, 5.41) is 31.0. The van der Waals surface area contributed by atoms with Gasteiger partial charge in [-0.2, -0.15) is 0 Å². The fourth-order valence-electron chi connectivity index (χ4n) is 6.51. The summed E-state index contributed by atoms with van der Waals surface area (Å²) in [6.45, 7) is 2.04. The van der Waals surface area contributed by atoms with Gasteiger partial charge in [-0.1, -0.05) is 61.1 Å². The van der Waals surface area contributed by atoms with Crippen molar-refractivity contribution in [3.8, 4) is 29.1 Å². The predicted octanol–water partition coefficient (Wildman–Crippen LogP) is 6.67. The van der Waals surface area contributed by atoms with Crippen molar-refractivity contribution >= 4 is 11.6 Å². The molecule has 0 fully saturated rings. The monoisotopic (exact) mass is 703 g/mol. The number of fused-ring (bicyclic) bond motifs is 2. The number of nitrogens with one attached hydrogen (secondary N) is 1. The number of hydrogen-bond acceptors (Lipinski definition) is 8. The molecule has 272 valence electrons. The van der Waals surface area contributed by atoms with Crippen LogP contribution in [0.25, 0.3) is 0 Å². The Morgan fingerprint density at radius 1 is 0.981 bits per heavy atom. The first-order valence-corrected chi connectivity index (χ1v) is 18.1. The van der Waals surface area contributed by atoms with E-state index in [2.05, 4.69) is 16.8 Å². The molecule has 9 heteroatoms. The Labute approximate surface area is 305 Å². The highest BCUT2D eigenvalue weighted by atomic mass is 16.5. The van der Waals surface area contributed by atoms with Crippen molar-refractivity contribution in [2.24, 2.45) is 11.5 Å². The number of aryl methyl sites for hydroxylation is 1. The molecule has 0 aliphatic heterocycles. The van der Waals surface area contributed by atoms with Gasteiger partial charge in [0.2, 0.25) is 0 Å². The van der Waals surface area contributed by atoms with Gasteiger partial charge in [0.15, 0.2) is 23.1 Å². The summed E-state index contributed by atoms with van der Waals surface area (Å²) in [6, 6.07) is 17.8. The second-order valence-electron chi connectivity index (χ2n) is 13.6. The first kappa shape index (κ1) is 38.1. The van der Waals surface area contributed by atoms with E-state index in [4.69, 9.17) is 16.2 Å². The minimum Gasteiger partial charge on any atom is -0.508 e. The first-order valence-electron chi connectivity index (χ1n) is 18.1. The smallest absolute Gasteiger partial charge is 0.165 e. The van der Waals surface area contributed by atoms with Crippen LogP contribution in [0, 0.1) is 11.8 Å². The highest BCUT2D eigenvalue weighted by Crippen LogP contribution is 2.38. The lowest BCUT2D eigenvalue weighted by atomic mass is 9.81. The maximum Gasteiger partial charge on any atom is 0.165 e. The zero-order valence-corrected chi connectivity index (χ0v) is 29.7. The third-order valence-corrected chi connectivity index (χ3v) is 9.44. The second kappa shape index (κ2) is 18.4. The number of allylic oxidation sites excluding steroid dienone is 2. The molecular weight excluding hydrogens is 654 g/mol. The average molecular weight is 704 g/mol. The average Bonchev–Trinajstić information content (AvgIpc) is 3.60. The number of aliphatic hydroxyl groups is 1. The molecule has 8 N–H and O–H groups in total. The van der Waals surface area contributed by atoms with Crippen LogP contribution in [0.15, 0.2) is 79.0 Å². The van der Waals surface area contributed by atoms with Crippen LogP contribution in [-0.4, -0.2) is 44.6 Å². The summed E-state index contributed by atoms with van der Waals surface area (Å²) in [5.41, 5.74) is 17.9. The number of phenolic OH excluding ortho intramolecular Hbond substituents is 2. The Bertz CT molecular complexity index is 1950. The molecule has 3 aromatic carbocycles. The number of carbonyl (C=O) groups is 2. The molecule has 0 saturated heterocycles. The van der Waals surface area contributed by atoms with Crippen LogP contribution in [0.2, 0.25) is 0 Å². The summed E-state index contributed by atoms with van der Waals surface area (Å²) in [4.78, 5) is 29.2. The first-order chi connectivity index (χ1) is 25.1. The quantitative estimate of drug-likeness (QED) is 0.0325. The molecule has 9 nitrogen and oxygen atoms in total. The van der Waals surface area contributed by atoms with Crippen LogP contribution in [0.1, 0.15) is 113 Å². The van der Waals surface area contributed by atoms with Crippen LogP contribution in [-0.2, 0) is 24.1 Å². The van der Waals surface area contributed by atoms with Crippen molar-refractivity contribution in [1.82, 2.24) is 4.98 Å². The Kier molecular flexibility index (Phi) is 13.5. The number of benzene rings is 3. The van der Waals surface area contributed by atoms with Gasteiger partial charge in [-0.15, -0.1) is 0 Å². The Hall–Kier alpha value is -5.14. The van der Waals surface area contributed by atoms with E-state index in [1.807, 2.05) is 36.4 Å². The molecule has 2 unspecified atom stereocenters. The maximum absolute atomic E-state index is 13.7. The number of nitrogens with two attached hydrogens (primary N) is 2. The number of hydrogen-bond donors (Lipinski definition) is 6. The van der Waals surface area contributed by atoms with E-state index in [0.29, 0.717) is 53.7 Å². The van der Waals surface area contributed by atoms with Gasteiger partial charge in [0.25, 0.3) is 0 Å². The van der Waals surface area contributed by atoms with Gasteiger partial charge in [-0.25, -0.2) is 0 Å². The number of unbranched alkanes of at least 4 members (excludes halogenated alkanes) is 3. The van der Waals surface area contributed by atoms with Crippen LogP contribution < -0.4 is 16.2 Å². The normalized spacial score (nSPS) is 14.8. The highest BCUT2D eigenvalue weighted by Gasteiger charge is 2.27. The number of rotatable bonds is 16. The molecule has 1 aliphatic carbocycles. The van der Waals surface area contributed by atoms with Crippen molar-refractivity contribution in [2.45, 2.75) is 89.3 Å². The molecule has 0 spiro atoms. The predicted molar refractivity (Wildman–Crippen MR) is 202 cm³/mol. The van der Waals surface area contributed by atoms with Gasteiger partial charge < -0.3 is 36.5 Å². The molecule has 5 rings (SSSR count). The lowest BCUT2D eigenvalue weighted by molar-refractivity contribution is -0.114. The molecule has 0 amide bonds.